The molecule has 0 radical (unpaired) electrons. The van der Waals surface area contributed by atoms with Crippen LogP contribution < -0.4 is 10.5 Å². The predicted molar refractivity (Wildman–Crippen MR) is 70.9 cm³/mol. The number of ether oxygens (including phenoxy) is 1. The number of nitrogens with two attached hydrogens (primary N) is 1. The summed E-state index contributed by atoms with van der Waals surface area (Å²) in [7, 11) is 0. The number of halogens is 3. The van der Waals surface area contributed by atoms with Crippen molar-refractivity contribution >= 4 is 17.2 Å². The van der Waals surface area contributed by atoms with Crippen LogP contribution in [0.1, 0.15) is 12.5 Å². The number of hydrogen-bond acceptors (Lipinski definition) is 3. The molecule has 0 heterocycles. The van der Waals surface area contributed by atoms with Crippen LogP contribution in [0.2, 0.25) is 0 Å². The monoisotopic (exact) mass is 292 g/mol. The van der Waals surface area contributed by atoms with Crippen molar-refractivity contribution < 1.29 is 17.9 Å². The number of alkyl halides is 3. The highest BCUT2D eigenvalue weighted by molar-refractivity contribution is 7.80. The average molecular weight is 292 g/mol. The lowest BCUT2D eigenvalue weighted by atomic mass is 10.2. The summed E-state index contributed by atoms with van der Waals surface area (Å²) in [4.78, 5) is 2.38. The number of nitrogens with zero attached hydrogens (tertiary/aromatic N) is 1. The van der Waals surface area contributed by atoms with Crippen molar-refractivity contribution in [2.75, 3.05) is 13.1 Å². The molecule has 0 bridgehead atoms. The number of hydrogen-bond donors (Lipinski definition) is 1. The Kier molecular flexibility index (Phi) is 5.56. The summed E-state index contributed by atoms with van der Waals surface area (Å²) in [5, 5.41) is 0. The predicted octanol–water partition coefficient (Wildman–Crippen LogP) is 2.69. The maximum Gasteiger partial charge on any atom is 0.573 e. The first kappa shape index (κ1) is 15.7. The smallest absolute Gasteiger partial charge is 0.406 e. The lowest BCUT2D eigenvalue weighted by molar-refractivity contribution is -0.274. The van der Waals surface area contributed by atoms with E-state index in [4.69, 9.17) is 18.0 Å². The summed E-state index contributed by atoms with van der Waals surface area (Å²) < 4.78 is 39.8. The van der Waals surface area contributed by atoms with Gasteiger partial charge in [-0.25, -0.2) is 0 Å². The van der Waals surface area contributed by atoms with Crippen LogP contribution in [-0.4, -0.2) is 29.3 Å². The summed E-state index contributed by atoms with van der Waals surface area (Å²) in [6.45, 7) is 3.75. The maximum atomic E-state index is 12.0. The molecule has 2 N–H and O–H groups in total. The maximum absolute atomic E-state index is 12.0. The van der Waals surface area contributed by atoms with Crippen LogP contribution in [0.5, 0.6) is 5.75 Å². The van der Waals surface area contributed by atoms with Crippen molar-refractivity contribution in [2.24, 2.45) is 5.73 Å². The Labute approximate surface area is 115 Å². The van der Waals surface area contributed by atoms with Gasteiger partial charge in [-0.2, -0.15) is 0 Å². The van der Waals surface area contributed by atoms with Crippen LogP contribution >= 0.6 is 12.2 Å². The van der Waals surface area contributed by atoms with Gasteiger partial charge in [0.1, 0.15) is 5.75 Å². The van der Waals surface area contributed by atoms with Gasteiger partial charge >= 0.3 is 6.36 Å². The minimum Gasteiger partial charge on any atom is -0.406 e. The zero-order valence-electron chi connectivity index (χ0n) is 10.4. The highest BCUT2D eigenvalue weighted by atomic mass is 32.1. The van der Waals surface area contributed by atoms with E-state index in [1.54, 1.807) is 12.1 Å². The molecule has 3 nitrogen and oxygen atoms in total. The van der Waals surface area contributed by atoms with Gasteiger partial charge in [0, 0.05) is 13.1 Å². The first-order valence-corrected chi connectivity index (χ1v) is 6.06. The second-order valence-corrected chi connectivity index (χ2v) is 4.49. The summed E-state index contributed by atoms with van der Waals surface area (Å²) >= 11 is 4.83. The average Bonchev–Trinajstić information content (AvgIpc) is 2.28. The summed E-state index contributed by atoms with van der Waals surface area (Å²) in [5.74, 6) is -0.228. The third kappa shape index (κ3) is 6.40. The molecule has 0 fully saturated rings. The Morgan fingerprint density at radius 3 is 2.32 bits per heavy atom. The molecular weight excluding hydrogens is 277 g/mol. The molecule has 7 heteroatoms. The first-order chi connectivity index (χ1) is 8.80. The highest BCUT2D eigenvalue weighted by Crippen LogP contribution is 2.23. The first-order valence-electron chi connectivity index (χ1n) is 5.65. The Morgan fingerprint density at radius 1 is 1.32 bits per heavy atom. The molecule has 1 aromatic rings. The van der Waals surface area contributed by atoms with E-state index in [1.807, 2.05) is 11.8 Å². The molecule has 0 aliphatic rings. The highest BCUT2D eigenvalue weighted by Gasteiger charge is 2.30. The third-order valence-corrected chi connectivity index (χ3v) is 2.52. The number of rotatable bonds is 6. The molecule has 0 aromatic heterocycles. The van der Waals surface area contributed by atoms with E-state index in [2.05, 4.69) is 4.74 Å². The van der Waals surface area contributed by atoms with Gasteiger partial charge in [0.25, 0.3) is 0 Å². The fourth-order valence-electron chi connectivity index (χ4n) is 1.55. The zero-order valence-corrected chi connectivity index (χ0v) is 11.2. The molecule has 0 saturated heterocycles. The Balaban J connectivity index is 2.63. The quantitative estimate of drug-likeness (QED) is 0.818. The molecule has 19 heavy (non-hydrogen) atoms. The van der Waals surface area contributed by atoms with Crippen molar-refractivity contribution in [1.29, 1.82) is 0 Å². The van der Waals surface area contributed by atoms with Crippen molar-refractivity contribution in [1.82, 2.24) is 4.90 Å². The standard InChI is InChI=1S/C12H15F3N2OS/c1-2-17(8-11(16)19)7-9-3-5-10(6-4-9)18-12(13,14)15/h3-6H,2,7-8H2,1H3,(H2,16,19). The van der Waals surface area contributed by atoms with Crippen LogP contribution in [-0.2, 0) is 6.54 Å². The fourth-order valence-corrected chi connectivity index (χ4v) is 1.74. The molecule has 0 atom stereocenters. The van der Waals surface area contributed by atoms with E-state index < -0.39 is 6.36 Å². The largest absolute Gasteiger partial charge is 0.573 e. The molecule has 0 aliphatic heterocycles. The van der Waals surface area contributed by atoms with Crippen molar-refractivity contribution in [3.8, 4) is 5.75 Å². The van der Waals surface area contributed by atoms with Gasteiger partial charge in [0.15, 0.2) is 0 Å². The molecular formula is C12H15F3N2OS. The number of thiocarbonyl (C=S) groups is 1. The van der Waals surface area contributed by atoms with E-state index in [0.717, 1.165) is 12.1 Å². The summed E-state index contributed by atoms with van der Waals surface area (Å²) in [6, 6.07) is 5.75. The van der Waals surface area contributed by atoms with Crippen LogP contribution in [0.3, 0.4) is 0 Å². The minimum absolute atomic E-state index is 0.228. The third-order valence-electron chi connectivity index (χ3n) is 2.39. The van der Waals surface area contributed by atoms with E-state index in [-0.39, 0.29) is 5.75 Å². The van der Waals surface area contributed by atoms with Crippen LogP contribution in [0.15, 0.2) is 24.3 Å². The SMILES string of the molecule is CCN(CC(N)=S)Cc1ccc(OC(F)(F)F)cc1. The van der Waals surface area contributed by atoms with Gasteiger partial charge in [0.2, 0.25) is 0 Å². The van der Waals surface area contributed by atoms with Crippen molar-refractivity contribution in [2.45, 2.75) is 19.8 Å². The lowest BCUT2D eigenvalue weighted by Crippen LogP contribution is -2.32. The molecule has 1 aromatic carbocycles. The second-order valence-electron chi connectivity index (χ2n) is 3.96. The minimum atomic E-state index is -4.66. The topological polar surface area (TPSA) is 38.5 Å². The van der Waals surface area contributed by atoms with Gasteiger partial charge in [-0.15, -0.1) is 13.2 Å². The van der Waals surface area contributed by atoms with Gasteiger partial charge < -0.3 is 10.5 Å². The van der Waals surface area contributed by atoms with Crippen molar-refractivity contribution in [3.05, 3.63) is 29.8 Å². The fraction of sp³-hybridized carbons (Fsp3) is 0.417. The van der Waals surface area contributed by atoms with Crippen LogP contribution in [0.25, 0.3) is 0 Å². The zero-order chi connectivity index (χ0) is 14.5. The van der Waals surface area contributed by atoms with Gasteiger partial charge in [-0.3, -0.25) is 4.90 Å². The molecule has 1 rings (SSSR count). The van der Waals surface area contributed by atoms with Gasteiger partial charge in [0.05, 0.1) is 4.99 Å². The Hall–Kier alpha value is -1.34. The van der Waals surface area contributed by atoms with Gasteiger partial charge in [-0.05, 0) is 24.2 Å². The van der Waals surface area contributed by atoms with Crippen LogP contribution in [0, 0.1) is 0 Å². The molecule has 0 aliphatic carbocycles. The van der Waals surface area contributed by atoms with E-state index in [0.29, 0.717) is 18.1 Å². The summed E-state index contributed by atoms with van der Waals surface area (Å²) in [5.41, 5.74) is 6.33. The Bertz CT molecular complexity index is 420. The van der Waals surface area contributed by atoms with E-state index in [9.17, 15) is 13.2 Å². The molecule has 0 spiro atoms. The van der Waals surface area contributed by atoms with Gasteiger partial charge in [-0.1, -0.05) is 31.3 Å². The molecule has 0 unspecified atom stereocenters. The second kappa shape index (κ2) is 6.72. The van der Waals surface area contributed by atoms with E-state index >= 15 is 0 Å². The van der Waals surface area contributed by atoms with E-state index in [1.165, 1.54) is 12.1 Å². The molecule has 106 valence electrons. The molecule has 0 amide bonds. The van der Waals surface area contributed by atoms with Crippen LogP contribution in [0.4, 0.5) is 13.2 Å². The Morgan fingerprint density at radius 2 is 1.89 bits per heavy atom. The van der Waals surface area contributed by atoms with Crippen molar-refractivity contribution in [3.63, 3.8) is 0 Å². The number of likely N-dealkylation sites (N-methyl/N-ethyl adjacent to an activating group) is 1. The number of benzene rings is 1. The summed E-state index contributed by atoms with van der Waals surface area (Å²) in [6.07, 6.45) is -4.66. The lowest BCUT2D eigenvalue weighted by Gasteiger charge is -2.19. The molecule has 0 saturated carbocycles. The normalized spacial score (nSPS) is 11.6.